The van der Waals surface area contributed by atoms with Gasteiger partial charge in [0.25, 0.3) is 0 Å². The van der Waals surface area contributed by atoms with Gasteiger partial charge in [-0.1, -0.05) is 35.9 Å². The Kier molecular flexibility index (Phi) is 7.04. The molecule has 0 amide bonds. The quantitative estimate of drug-likeness (QED) is 0.342. The molecule has 0 N–H and O–H groups in total. The predicted molar refractivity (Wildman–Crippen MR) is 132 cm³/mol. The fraction of sp³-hybridized carbons (Fsp3) is 0.148. The van der Waals surface area contributed by atoms with Crippen LogP contribution in [0.15, 0.2) is 71.7 Å². The molecule has 4 rings (SSSR count). The van der Waals surface area contributed by atoms with Gasteiger partial charge in [-0.2, -0.15) is 5.26 Å². The minimum atomic E-state index is -0.741. The molecule has 1 aromatic heterocycles. The summed E-state index contributed by atoms with van der Waals surface area (Å²) in [6, 6.07) is 19.3. The third-order valence-corrected chi connectivity index (χ3v) is 5.78. The van der Waals surface area contributed by atoms with Crippen molar-refractivity contribution in [1.29, 1.82) is 5.26 Å². The van der Waals surface area contributed by atoms with E-state index in [4.69, 9.17) is 31.1 Å². The minimum Gasteiger partial charge on any atom is -0.493 e. The summed E-state index contributed by atoms with van der Waals surface area (Å²) in [6.45, 7) is 0.338. The number of pyridine rings is 1. The molecule has 35 heavy (non-hydrogen) atoms. The lowest BCUT2D eigenvalue weighted by atomic mass is 10.1. The van der Waals surface area contributed by atoms with Crippen molar-refractivity contribution in [2.24, 2.45) is 0 Å². The first-order valence-corrected chi connectivity index (χ1v) is 11.0. The van der Waals surface area contributed by atoms with Gasteiger partial charge >= 0.3 is 5.97 Å². The average Bonchev–Trinajstić information content (AvgIpc) is 2.89. The van der Waals surface area contributed by atoms with E-state index in [0.29, 0.717) is 34.1 Å². The Bertz CT molecular complexity index is 1490. The van der Waals surface area contributed by atoms with Crippen LogP contribution in [0.4, 0.5) is 0 Å². The maximum Gasteiger partial charge on any atom is 0.343 e. The summed E-state index contributed by atoms with van der Waals surface area (Å²) in [5.41, 5.74) is 2.14. The Morgan fingerprint density at radius 1 is 0.971 bits per heavy atom. The van der Waals surface area contributed by atoms with Crippen LogP contribution in [0.3, 0.4) is 0 Å². The molecule has 3 aromatic carbocycles. The van der Waals surface area contributed by atoms with E-state index in [-0.39, 0.29) is 17.6 Å². The van der Waals surface area contributed by atoms with E-state index in [9.17, 15) is 9.59 Å². The zero-order chi connectivity index (χ0) is 24.9. The lowest BCUT2D eigenvalue weighted by Crippen LogP contribution is -2.21. The van der Waals surface area contributed by atoms with E-state index in [1.807, 2.05) is 12.1 Å². The standard InChI is InChI=1S/C27H21ClN2O5/c1-33-24-11-21-23(12-25(24)34-2)30(14-18-5-3-17(13-29)4-6-18)15-22(26(21)31)27(32)35-16-19-7-9-20(28)10-8-19/h3-12,15H,14,16H2,1-2H3. The number of aromatic nitrogens is 1. The zero-order valence-corrected chi connectivity index (χ0v) is 19.8. The second-order valence-electron chi connectivity index (χ2n) is 7.74. The van der Waals surface area contributed by atoms with Crippen LogP contribution in [0.1, 0.15) is 27.0 Å². The summed E-state index contributed by atoms with van der Waals surface area (Å²) in [5.74, 6) is 0.0787. The first-order chi connectivity index (χ1) is 16.9. The molecule has 0 aliphatic heterocycles. The van der Waals surface area contributed by atoms with Gasteiger partial charge < -0.3 is 18.8 Å². The van der Waals surface area contributed by atoms with Crippen molar-refractivity contribution in [3.05, 3.63) is 104 Å². The highest BCUT2D eigenvalue weighted by molar-refractivity contribution is 6.30. The van der Waals surface area contributed by atoms with Crippen molar-refractivity contribution in [2.45, 2.75) is 13.2 Å². The molecule has 7 nitrogen and oxygen atoms in total. The number of nitriles is 1. The monoisotopic (exact) mass is 488 g/mol. The molecule has 0 spiro atoms. The fourth-order valence-corrected chi connectivity index (χ4v) is 3.81. The zero-order valence-electron chi connectivity index (χ0n) is 19.1. The van der Waals surface area contributed by atoms with Gasteiger partial charge in [-0.25, -0.2) is 4.79 Å². The summed E-state index contributed by atoms with van der Waals surface area (Å²) in [6.07, 6.45) is 1.49. The largest absolute Gasteiger partial charge is 0.493 e. The number of hydrogen-bond acceptors (Lipinski definition) is 6. The molecule has 0 bridgehead atoms. The molecule has 0 unspecified atom stereocenters. The molecule has 4 aromatic rings. The lowest BCUT2D eigenvalue weighted by Gasteiger charge is -2.16. The molecular formula is C27H21ClN2O5. The van der Waals surface area contributed by atoms with Crippen molar-refractivity contribution >= 4 is 28.5 Å². The molecule has 0 atom stereocenters. The summed E-state index contributed by atoms with van der Waals surface area (Å²) in [4.78, 5) is 26.3. The molecule has 0 aliphatic carbocycles. The number of fused-ring (bicyclic) bond motifs is 1. The van der Waals surface area contributed by atoms with Crippen LogP contribution < -0.4 is 14.9 Å². The van der Waals surface area contributed by atoms with Crippen molar-refractivity contribution in [3.63, 3.8) is 0 Å². The Morgan fingerprint density at radius 3 is 2.23 bits per heavy atom. The number of nitrogens with zero attached hydrogens (tertiary/aromatic N) is 2. The van der Waals surface area contributed by atoms with E-state index in [1.165, 1.54) is 20.4 Å². The highest BCUT2D eigenvalue weighted by atomic mass is 35.5. The van der Waals surface area contributed by atoms with Gasteiger partial charge in [0, 0.05) is 23.8 Å². The van der Waals surface area contributed by atoms with Crippen LogP contribution in [-0.2, 0) is 17.9 Å². The average molecular weight is 489 g/mol. The highest BCUT2D eigenvalue weighted by Crippen LogP contribution is 2.31. The van der Waals surface area contributed by atoms with Gasteiger partial charge in [-0.15, -0.1) is 0 Å². The predicted octanol–water partition coefficient (Wildman–Crippen LogP) is 4.95. The summed E-state index contributed by atoms with van der Waals surface area (Å²) in [7, 11) is 2.98. The molecule has 0 radical (unpaired) electrons. The van der Waals surface area contributed by atoms with E-state index < -0.39 is 11.4 Å². The van der Waals surface area contributed by atoms with Crippen molar-refractivity contribution < 1.29 is 19.0 Å². The lowest BCUT2D eigenvalue weighted by molar-refractivity contribution is 0.0470. The van der Waals surface area contributed by atoms with Crippen LogP contribution in [-0.4, -0.2) is 24.8 Å². The van der Waals surface area contributed by atoms with E-state index >= 15 is 0 Å². The smallest absolute Gasteiger partial charge is 0.343 e. The van der Waals surface area contributed by atoms with Crippen LogP contribution in [0.25, 0.3) is 10.9 Å². The molecular weight excluding hydrogens is 468 g/mol. The molecule has 176 valence electrons. The summed E-state index contributed by atoms with van der Waals surface area (Å²) < 4.78 is 18.0. The Hall–Kier alpha value is -4.28. The maximum absolute atomic E-state index is 13.3. The van der Waals surface area contributed by atoms with E-state index in [1.54, 1.807) is 53.1 Å². The summed E-state index contributed by atoms with van der Waals surface area (Å²) in [5, 5.41) is 9.93. The molecule has 0 fully saturated rings. The van der Waals surface area contributed by atoms with Gasteiger partial charge in [-0.05, 0) is 41.5 Å². The van der Waals surface area contributed by atoms with E-state index in [2.05, 4.69) is 6.07 Å². The second-order valence-corrected chi connectivity index (χ2v) is 8.17. The van der Waals surface area contributed by atoms with Gasteiger partial charge in [0.05, 0.1) is 36.8 Å². The number of carbonyl (C=O) groups is 1. The number of halogens is 1. The SMILES string of the molecule is COc1cc2c(=O)c(C(=O)OCc3ccc(Cl)cc3)cn(Cc3ccc(C#N)cc3)c2cc1OC. The maximum atomic E-state index is 13.3. The third kappa shape index (κ3) is 5.13. The van der Waals surface area contributed by atoms with Crippen molar-refractivity contribution in [1.82, 2.24) is 4.57 Å². The number of esters is 1. The number of hydrogen-bond donors (Lipinski definition) is 0. The van der Waals surface area contributed by atoms with Crippen molar-refractivity contribution in [2.75, 3.05) is 14.2 Å². The molecule has 0 aliphatic rings. The summed E-state index contributed by atoms with van der Waals surface area (Å²) >= 11 is 5.91. The van der Waals surface area contributed by atoms with Crippen LogP contribution in [0.2, 0.25) is 5.02 Å². The Balaban J connectivity index is 1.78. The number of benzene rings is 3. The van der Waals surface area contributed by atoms with Crippen molar-refractivity contribution in [3.8, 4) is 17.6 Å². The molecule has 8 heteroatoms. The Labute approximate surface area is 206 Å². The number of carbonyl (C=O) groups excluding carboxylic acids is 1. The van der Waals surface area contributed by atoms with Gasteiger partial charge in [0.2, 0.25) is 5.43 Å². The first kappa shape index (κ1) is 23.9. The molecule has 1 heterocycles. The highest BCUT2D eigenvalue weighted by Gasteiger charge is 2.19. The topological polar surface area (TPSA) is 90.6 Å². The second kappa shape index (κ2) is 10.3. The van der Waals surface area contributed by atoms with E-state index in [0.717, 1.165) is 11.1 Å². The normalized spacial score (nSPS) is 10.6. The number of methoxy groups -OCH3 is 2. The van der Waals surface area contributed by atoms with Gasteiger partial charge in [0.15, 0.2) is 11.5 Å². The fourth-order valence-electron chi connectivity index (χ4n) is 3.68. The Morgan fingerprint density at radius 2 is 1.60 bits per heavy atom. The number of rotatable bonds is 7. The minimum absolute atomic E-state index is 0.00493. The molecule has 0 saturated heterocycles. The van der Waals surface area contributed by atoms with Gasteiger partial charge in [0.1, 0.15) is 12.2 Å². The van der Waals surface area contributed by atoms with Crippen LogP contribution in [0.5, 0.6) is 11.5 Å². The third-order valence-electron chi connectivity index (χ3n) is 5.52. The first-order valence-electron chi connectivity index (χ1n) is 10.6. The number of ether oxygens (including phenoxy) is 3. The molecule has 0 saturated carbocycles. The van der Waals surface area contributed by atoms with Gasteiger partial charge in [-0.3, -0.25) is 4.79 Å². The van der Waals surface area contributed by atoms with Crippen LogP contribution >= 0.6 is 11.6 Å². The van der Waals surface area contributed by atoms with Crippen LogP contribution in [0, 0.1) is 11.3 Å².